The summed E-state index contributed by atoms with van der Waals surface area (Å²) in [5, 5.41) is 12.7. The minimum Gasteiger partial charge on any atom is -0.494 e. The van der Waals surface area contributed by atoms with Crippen LogP contribution in [0.2, 0.25) is 5.02 Å². The van der Waals surface area contributed by atoms with Gasteiger partial charge in [-0.15, -0.1) is 0 Å². The van der Waals surface area contributed by atoms with E-state index in [0.29, 0.717) is 30.2 Å². The van der Waals surface area contributed by atoms with Crippen LogP contribution in [-0.2, 0) is 11.2 Å². The molecule has 6 heteroatoms. The van der Waals surface area contributed by atoms with E-state index < -0.39 is 5.97 Å². The number of ether oxygens (including phenoxy) is 1. The van der Waals surface area contributed by atoms with Crippen LogP contribution < -0.4 is 10.1 Å². The van der Waals surface area contributed by atoms with Gasteiger partial charge in [0.25, 0.3) is 0 Å². The highest BCUT2D eigenvalue weighted by atomic mass is 35.5. The van der Waals surface area contributed by atoms with Crippen LogP contribution in [0.3, 0.4) is 0 Å². The Balaban J connectivity index is 1.59. The van der Waals surface area contributed by atoms with Gasteiger partial charge in [-0.1, -0.05) is 29.8 Å². The lowest BCUT2D eigenvalue weighted by atomic mass is 10.0. The van der Waals surface area contributed by atoms with Gasteiger partial charge in [-0.3, -0.25) is 4.79 Å². The van der Waals surface area contributed by atoms with E-state index in [9.17, 15) is 9.59 Å². The average molecular weight is 376 g/mol. The van der Waals surface area contributed by atoms with Gasteiger partial charge in [-0.05, 0) is 55.2 Å². The van der Waals surface area contributed by atoms with Crippen molar-refractivity contribution in [2.75, 3.05) is 13.2 Å². The molecule has 2 aromatic carbocycles. The number of benzene rings is 2. The Morgan fingerprint density at radius 2 is 1.77 bits per heavy atom. The standard InChI is InChI=1S/C20H22ClNO4/c21-16-8-10-17(11-9-16)26-14-4-3-13-22-19(23)12-7-15-5-1-2-6-18(15)20(24)25/h1-2,5-6,8-11H,3-4,7,12-14H2,(H,22,23)(H,24,25). The summed E-state index contributed by atoms with van der Waals surface area (Å²) >= 11 is 5.81. The number of carbonyl (C=O) groups is 2. The summed E-state index contributed by atoms with van der Waals surface area (Å²) in [6.07, 6.45) is 2.31. The molecule has 2 N–H and O–H groups in total. The van der Waals surface area contributed by atoms with E-state index in [4.69, 9.17) is 21.4 Å². The summed E-state index contributed by atoms with van der Waals surface area (Å²) in [6.45, 7) is 1.15. The van der Waals surface area contributed by atoms with Gasteiger partial charge in [0.05, 0.1) is 12.2 Å². The third-order valence-corrected chi connectivity index (χ3v) is 4.10. The van der Waals surface area contributed by atoms with Crippen LogP contribution >= 0.6 is 11.6 Å². The number of hydrogen-bond donors (Lipinski definition) is 2. The number of hydrogen-bond acceptors (Lipinski definition) is 3. The number of aryl methyl sites for hydroxylation is 1. The SMILES string of the molecule is O=C(CCc1ccccc1C(=O)O)NCCCCOc1ccc(Cl)cc1. The van der Waals surface area contributed by atoms with Gasteiger partial charge in [0.1, 0.15) is 5.75 Å². The van der Waals surface area contributed by atoms with E-state index in [1.165, 1.54) is 0 Å². The number of carboxylic acid groups (broad SMARTS) is 1. The quantitative estimate of drug-likeness (QED) is 0.616. The second-order valence-corrected chi connectivity index (χ2v) is 6.26. The van der Waals surface area contributed by atoms with Gasteiger partial charge in [-0.2, -0.15) is 0 Å². The molecule has 0 unspecified atom stereocenters. The molecule has 5 nitrogen and oxygen atoms in total. The second-order valence-electron chi connectivity index (χ2n) is 5.82. The molecule has 0 aliphatic heterocycles. The van der Waals surface area contributed by atoms with Crippen molar-refractivity contribution in [2.45, 2.75) is 25.7 Å². The van der Waals surface area contributed by atoms with Crippen LogP contribution in [0.25, 0.3) is 0 Å². The molecule has 2 rings (SSSR count). The third kappa shape index (κ3) is 6.76. The maximum Gasteiger partial charge on any atom is 0.335 e. The topological polar surface area (TPSA) is 75.6 Å². The number of carbonyl (C=O) groups excluding carboxylic acids is 1. The zero-order chi connectivity index (χ0) is 18.8. The molecule has 0 bridgehead atoms. The zero-order valence-corrected chi connectivity index (χ0v) is 15.2. The van der Waals surface area contributed by atoms with Crippen molar-refractivity contribution in [3.05, 3.63) is 64.7 Å². The van der Waals surface area contributed by atoms with E-state index in [1.807, 2.05) is 12.1 Å². The Hall–Kier alpha value is -2.53. The molecule has 0 saturated heterocycles. The summed E-state index contributed by atoms with van der Waals surface area (Å²) in [5.41, 5.74) is 0.922. The van der Waals surface area contributed by atoms with Crippen molar-refractivity contribution in [1.29, 1.82) is 0 Å². The molecule has 138 valence electrons. The van der Waals surface area contributed by atoms with Crippen molar-refractivity contribution in [2.24, 2.45) is 0 Å². The van der Waals surface area contributed by atoms with Gasteiger partial charge < -0.3 is 15.2 Å². The van der Waals surface area contributed by atoms with E-state index in [0.717, 1.165) is 18.6 Å². The van der Waals surface area contributed by atoms with Crippen LogP contribution in [-0.4, -0.2) is 30.1 Å². The first-order chi connectivity index (χ1) is 12.6. The highest BCUT2D eigenvalue weighted by Crippen LogP contribution is 2.15. The zero-order valence-electron chi connectivity index (χ0n) is 14.4. The summed E-state index contributed by atoms with van der Waals surface area (Å²) < 4.78 is 5.58. The number of amides is 1. The first-order valence-corrected chi connectivity index (χ1v) is 8.90. The number of unbranched alkanes of at least 4 members (excludes halogenated alkanes) is 1. The molecule has 0 saturated carbocycles. The van der Waals surface area contributed by atoms with E-state index in [-0.39, 0.29) is 17.9 Å². The lowest BCUT2D eigenvalue weighted by Gasteiger charge is -2.08. The van der Waals surface area contributed by atoms with Gasteiger partial charge in [0, 0.05) is 18.0 Å². The normalized spacial score (nSPS) is 10.3. The minimum absolute atomic E-state index is 0.0798. The van der Waals surface area contributed by atoms with E-state index in [1.54, 1.807) is 36.4 Å². The smallest absolute Gasteiger partial charge is 0.335 e. The van der Waals surface area contributed by atoms with Crippen molar-refractivity contribution in [1.82, 2.24) is 5.32 Å². The average Bonchev–Trinajstić information content (AvgIpc) is 2.64. The Morgan fingerprint density at radius 3 is 2.50 bits per heavy atom. The number of carboxylic acids is 1. The van der Waals surface area contributed by atoms with Gasteiger partial charge in [0.2, 0.25) is 5.91 Å². The second kappa shape index (κ2) is 10.5. The van der Waals surface area contributed by atoms with Gasteiger partial charge in [-0.25, -0.2) is 4.79 Å². The lowest BCUT2D eigenvalue weighted by molar-refractivity contribution is -0.121. The maximum atomic E-state index is 11.9. The number of rotatable bonds is 10. The molecule has 0 radical (unpaired) electrons. The van der Waals surface area contributed by atoms with Crippen LogP contribution in [0.4, 0.5) is 0 Å². The molecule has 2 aromatic rings. The molecule has 0 fully saturated rings. The van der Waals surface area contributed by atoms with Crippen molar-refractivity contribution in [3.8, 4) is 5.75 Å². The fourth-order valence-electron chi connectivity index (χ4n) is 2.46. The van der Waals surface area contributed by atoms with E-state index in [2.05, 4.69) is 5.32 Å². The fraction of sp³-hybridized carbons (Fsp3) is 0.300. The van der Waals surface area contributed by atoms with Crippen molar-refractivity contribution >= 4 is 23.5 Å². The summed E-state index contributed by atoms with van der Waals surface area (Å²) in [5.74, 6) is -0.277. The Kier molecular flexibility index (Phi) is 7.96. The van der Waals surface area contributed by atoms with Crippen LogP contribution in [0, 0.1) is 0 Å². The predicted molar refractivity (Wildman–Crippen MR) is 101 cm³/mol. The van der Waals surface area contributed by atoms with Gasteiger partial charge >= 0.3 is 5.97 Å². The highest BCUT2D eigenvalue weighted by Gasteiger charge is 2.10. The fourth-order valence-corrected chi connectivity index (χ4v) is 2.59. The monoisotopic (exact) mass is 375 g/mol. The Bertz CT molecular complexity index is 731. The lowest BCUT2D eigenvalue weighted by Crippen LogP contribution is -2.25. The highest BCUT2D eigenvalue weighted by molar-refractivity contribution is 6.30. The van der Waals surface area contributed by atoms with Crippen LogP contribution in [0.5, 0.6) is 5.75 Å². The predicted octanol–water partition coefficient (Wildman–Crippen LogP) is 3.95. The van der Waals surface area contributed by atoms with Crippen molar-refractivity contribution < 1.29 is 19.4 Å². The maximum absolute atomic E-state index is 11.9. The van der Waals surface area contributed by atoms with Crippen LogP contribution in [0.1, 0.15) is 35.2 Å². The first-order valence-electron chi connectivity index (χ1n) is 8.52. The summed E-state index contributed by atoms with van der Waals surface area (Å²) in [6, 6.07) is 13.9. The summed E-state index contributed by atoms with van der Waals surface area (Å²) in [7, 11) is 0. The summed E-state index contributed by atoms with van der Waals surface area (Å²) in [4.78, 5) is 23.0. The molecule has 0 spiro atoms. The molecule has 0 aromatic heterocycles. The molecule has 0 aliphatic carbocycles. The number of halogens is 1. The minimum atomic E-state index is -0.971. The molecule has 0 heterocycles. The first kappa shape index (κ1) is 19.8. The molecule has 0 aliphatic rings. The molecular formula is C20H22ClNO4. The molecule has 0 atom stereocenters. The number of nitrogens with one attached hydrogen (secondary N) is 1. The largest absolute Gasteiger partial charge is 0.494 e. The molecule has 26 heavy (non-hydrogen) atoms. The van der Waals surface area contributed by atoms with Gasteiger partial charge in [0.15, 0.2) is 0 Å². The Labute approximate surface area is 157 Å². The number of aromatic carboxylic acids is 1. The Morgan fingerprint density at radius 1 is 1.04 bits per heavy atom. The van der Waals surface area contributed by atoms with Crippen LogP contribution in [0.15, 0.2) is 48.5 Å². The van der Waals surface area contributed by atoms with Crippen molar-refractivity contribution in [3.63, 3.8) is 0 Å². The third-order valence-electron chi connectivity index (χ3n) is 3.84. The molecule has 1 amide bonds. The van der Waals surface area contributed by atoms with E-state index >= 15 is 0 Å². The molecular weight excluding hydrogens is 354 g/mol.